The molecule has 2 aromatic rings. The Bertz CT molecular complexity index is 817. The van der Waals surface area contributed by atoms with Gasteiger partial charge in [-0.2, -0.15) is 0 Å². The molecule has 5 nitrogen and oxygen atoms in total. The van der Waals surface area contributed by atoms with Gasteiger partial charge in [-0.15, -0.1) is 0 Å². The molecule has 3 rings (SSSR count). The van der Waals surface area contributed by atoms with Crippen LogP contribution in [0.1, 0.15) is 40.3 Å². The summed E-state index contributed by atoms with van der Waals surface area (Å²) in [7, 11) is 1.76. The lowest BCUT2D eigenvalue weighted by molar-refractivity contribution is -0.133. The third kappa shape index (κ3) is 2.29. The van der Waals surface area contributed by atoms with Crippen molar-refractivity contribution >= 4 is 17.6 Å². The summed E-state index contributed by atoms with van der Waals surface area (Å²) in [6.07, 6.45) is 1.76. The van der Waals surface area contributed by atoms with E-state index in [1.807, 2.05) is 6.07 Å². The van der Waals surface area contributed by atoms with Gasteiger partial charge in [0.2, 0.25) is 5.91 Å². The monoisotopic (exact) mass is 310 g/mol. The number of aryl methyl sites for hydroxylation is 1. The summed E-state index contributed by atoms with van der Waals surface area (Å²) in [5.74, 6) is -1.01. The first-order valence-electron chi connectivity index (χ1n) is 7.44. The molecule has 0 unspecified atom stereocenters. The molecule has 1 aromatic heterocycles. The van der Waals surface area contributed by atoms with Crippen molar-refractivity contribution in [3.63, 3.8) is 0 Å². The van der Waals surface area contributed by atoms with Crippen molar-refractivity contribution < 1.29 is 14.4 Å². The number of carbonyl (C=O) groups excluding carboxylic acids is 3. The molecule has 0 atom stereocenters. The molecule has 1 aliphatic rings. The molecule has 5 heteroatoms. The van der Waals surface area contributed by atoms with E-state index in [0.717, 1.165) is 4.90 Å². The predicted octanol–water partition coefficient (Wildman–Crippen LogP) is 2.17. The number of rotatable bonds is 3. The minimum Gasteiger partial charge on any atom is -0.348 e. The van der Waals surface area contributed by atoms with Gasteiger partial charge in [-0.1, -0.05) is 18.2 Å². The summed E-state index contributed by atoms with van der Waals surface area (Å²) in [5.41, 5.74) is 0.829. The predicted molar refractivity (Wildman–Crippen MR) is 85.3 cm³/mol. The Labute approximate surface area is 134 Å². The fraction of sp³-hybridized carbons (Fsp3) is 0.278. The average molecular weight is 310 g/mol. The van der Waals surface area contributed by atoms with Crippen LogP contribution in [0, 0.1) is 0 Å². The number of ketones is 1. The normalized spacial score (nSPS) is 16.4. The third-order valence-corrected chi connectivity index (χ3v) is 4.39. The van der Waals surface area contributed by atoms with Crippen molar-refractivity contribution in [1.82, 2.24) is 9.47 Å². The van der Waals surface area contributed by atoms with Crippen LogP contribution < -0.4 is 0 Å². The van der Waals surface area contributed by atoms with E-state index in [9.17, 15) is 14.4 Å². The second-order valence-corrected chi connectivity index (χ2v) is 6.29. The van der Waals surface area contributed by atoms with E-state index in [-0.39, 0.29) is 18.2 Å². The van der Waals surface area contributed by atoms with Crippen molar-refractivity contribution in [2.45, 2.75) is 19.3 Å². The third-order valence-electron chi connectivity index (χ3n) is 4.39. The highest BCUT2D eigenvalue weighted by Gasteiger charge is 2.44. The van der Waals surface area contributed by atoms with Gasteiger partial charge < -0.3 is 4.57 Å². The van der Waals surface area contributed by atoms with Crippen LogP contribution in [-0.2, 0) is 17.3 Å². The molecule has 0 spiro atoms. The molecule has 0 saturated carbocycles. The Morgan fingerprint density at radius 3 is 2.43 bits per heavy atom. The fourth-order valence-corrected chi connectivity index (χ4v) is 3.02. The van der Waals surface area contributed by atoms with E-state index >= 15 is 0 Å². The quantitative estimate of drug-likeness (QED) is 0.645. The van der Waals surface area contributed by atoms with Crippen LogP contribution in [0.3, 0.4) is 0 Å². The Morgan fingerprint density at radius 1 is 1.09 bits per heavy atom. The first-order valence-corrected chi connectivity index (χ1v) is 7.44. The molecule has 0 saturated heterocycles. The molecule has 2 heterocycles. The van der Waals surface area contributed by atoms with E-state index in [1.54, 1.807) is 62.0 Å². The Morgan fingerprint density at radius 2 is 1.78 bits per heavy atom. The van der Waals surface area contributed by atoms with Gasteiger partial charge in [-0.05, 0) is 37.6 Å². The molecule has 2 amide bonds. The van der Waals surface area contributed by atoms with E-state index < -0.39 is 11.3 Å². The maximum absolute atomic E-state index is 12.8. The number of hydrogen-bond donors (Lipinski definition) is 0. The van der Waals surface area contributed by atoms with Crippen LogP contribution in [0.15, 0.2) is 42.6 Å². The van der Waals surface area contributed by atoms with Crippen molar-refractivity contribution in [3.8, 4) is 0 Å². The average Bonchev–Trinajstić information content (AvgIpc) is 2.96. The number of carbonyl (C=O) groups is 3. The maximum Gasteiger partial charge on any atom is 0.261 e. The Balaban J connectivity index is 1.98. The highest BCUT2D eigenvalue weighted by molar-refractivity contribution is 6.15. The van der Waals surface area contributed by atoms with Crippen LogP contribution in [0.4, 0.5) is 0 Å². The molecule has 0 N–H and O–H groups in total. The van der Waals surface area contributed by atoms with Crippen molar-refractivity contribution in [2.75, 3.05) is 6.54 Å². The number of fused-ring (bicyclic) bond motifs is 1. The standard InChI is InChI=1S/C18H18N2O3/c1-18(2)13-8-5-4-7-12(13)16(22)20(17(18)23)11-15(21)14-9-6-10-19(14)3/h4-10H,11H2,1-3H3. The molecule has 23 heavy (non-hydrogen) atoms. The summed E-state index contributed by atoms with van der Waals surface area (Å²) in [6.45, 7) is 3.31. The van der Waals surface area contributed by atoms with Gasteiger partial charge in [0.05, 0.1) is 17.7 Å². The van der Waals surface area contributed by atoms with E-state index in [4.69, 9.17) is 0 Å². The maximum atomic E-state index is 12.8. The van der Waals surface area contributed by atoms with Crippen molar-refractivity contribution in [2.24, 2.45) is 7.05 Å². The van der Waals surface area contributed by atoms with Crippen LogP contribution in [-0.4, -0.2) is 33.6 Å². The zero-order valence-electron chi connectivity index (χ0n) is 13.4. The van der Waals surface area contributed by atoms with Gasteiger partial charge in [0.15, 0.2) is 5.78 Å². The number of Topliss-reactive ketones (excluding diaryl/α,β-unsaturated/α-hetero) is 1. The van der Waals surface area contributed by atoms with Crippen LogP contribution in [0.25, 0.3) is 0 Å². The number of aromatic nitrogens is 1. The molecule has 1 aromatic carbocycles. The van der Waals surface area contributed by atoms with Gasteiger partial charge >= 0.3 is 0 Å². The molecule has 0 fully saturated rings. The summed E-state index contributed by atoms with van der Waals surface area (Å²) < 4.78 is 1.68. The van der Waals surface area contributed by atoms with Crippen LogP contribution in [0.5, 0.6) is 0 Å². The number of benzene rings is 1. The lowest BCUT2D eigenvalue weighted by Crippen LogP contribution is -2.53. The Hall–Kier alpha value is -2.69. The molecule has 0 bridgehead atoms. The van der Waals surface area contributed by atoms with Gasteiger partial charge in [-0.3, -0.25) is 19.3 Å². The minimum atomic E-state index is -0.834. The number of imide groups is 1. The minimum absolute atomic E-state index is 0.243. The molecule has 0 radical (unpaired) electrons. The fourth-order valence-electron chi connectivity index (χ4n) is 3.02. The van der Waals surface area contributed by atoms with Gasteiger partial charge in [-0.25, -0.2) is 0 Å². The van der Waals surface area contributed by atoms with E-state index in [2.05, 4.69) is 0 Å². The Kier molecular flexibility index (Phi) is 3.43. The van der Waals surface area contributed by atoms with Gasteiger partial charge in [0.1, 0.15) is 0 Å². The first kappa shape index (κ1) is 15.2. The molecule has 0 aliphatic carbocycles. The second-order valence-electron chi connectivity index (χ2n) is 6.29. The van der Waals surface area contributed by atoms with Gasteiger partial charge in [0, 0.05) is 18.8 Å². The summed E-state index contributed by atoms with van der Waals surface area (Å²) >= 11 is 0. The molecule has 1 aliphatic heterocycles. The number of nitrogens with zero attached hydrogens (tertiary/aromatic N) is 2. The zero-order valence-corrected chi connectivity index (χ0v) is 13.4. The largest absolute Gasteiger partial charge is 0.348 e. The van der Waals surface area contributed by atoms with E-state index in [0.29, 0.717) is 16.8 Å². The highest BCUT2D eigenvalue weighted by atomic mass is 16.2. The van der Waals surface area contributed by atoms with Crippen molar-refractivity contribution in [3.05, 3.63) is 59.4 Å². The lowest BCUT2D eigenvalue weighted by atomic mass is 9.77. The zero-order chi connectivity index (χ0) is 16.8. The highest BCUT2D eigenvalue weighted by Crippen LogP contribution is 2.34. The van der Waals surface area contributed by atoms with E-state index in [1.165, 1.54) is 0 Å². The first-order chi connectivity index (χ1) is 10.8. The molecular weight excluding hydrogens is 292 g/mol. The van der Waals surface area contributed by atoms with Crippen LogP contribution >= 0.6 is 0 Å². The summed E-state index contributed by atoms with van der Waals surface area (Å²) in [4.78, 5) is 38.9. The van der Waals surface area contributed by atoms with Crippen LogP contribution in [0.2, 0.25) is 0 Å². The van der Waals surface area contributed by atoms with Crippen molar-refractivity contribution in [1.29, 1.82) is 0 Å². The summed E-state index contributed by atoms with van der Waals surface area (Å²) in [5, 5.41) is 0. The smallest absolute Gasteiger partial charge is 0.261 e. The topological polar surface area (TPSA) is 59.4 Å². The summed E-state index contributed by atoms with van der Waals surface area (Å²) in [6, 6.07) is 10.5. The van der Waals surface area contributed by atoms with Gasteiger partial charge in [0.25, 0.3) is 5.91 Å². The SMILES string of the molecule is Cn1cccc1C(=O)CN1C(=O)c2ccccc2C(C)(C)C1=O. The number of amides is 2. The number of hydrogen-bond acceptors (Lipinski definition) is 3. The second kappa shape index (κ2) is 5.19. The molecule has 118 valence electrons. The lowest BCUT2D eigenvalue weighted by Gasteiger charge is -2.37. The molecular formula is C18H18N2O3.